The molecule has 1 unspecified atom stereocenters. The molecule has 1 nitrogen and oxygen atoms in total. The molecule has 0 saturated heterocycles. The van der Waals surface area contributed by atoms with E-state index in [2.05, 4.69) is 188 Å². The van der Waals surface area contributed by atoms with Crippen molar-refractivity contribution >= 4 is 48.5 Å². The Morgan fingerprint density at radius 1 is 0.680 bits per heavy atom. The molecule has 240 valence electrons. The van der Waals surface area contributed by atoms with Crippen LogP contribution in [-0.4, -0.2) is 0 Å². The van der Waals surface area contributed by atoms with Crippen molar-refractivity contribution < 1.29 is 0 Å². The van der Waals surface area contributed by atoms with Crippen LogP contribution in [0.15, 0.2) is 201 Å². The fraction of sp³-hybridized carbons (Fsp3) is 0.0417. The van der Waals surface area contributed by atoms with Gasteiger partial charge in [0, 0.05) is 48.7 Å². The molecular formula is C48H37NS. The third-order valence-electron chi connectivity index (χ3n) is 9.53. The van der Waals surface area contributed by atoms with Crippen LogP contribution >= 0.6 is 11.3 Å². The lowest BCUT2D eigenvalue weighted by atomic mass is 9.90. The first-order valence-electron chi connectivity index (χ1n) is 17.1. The van der Waals surface area contributed by atoms with Gasteiger partial charge in [-0.05, 0) is 76.2 Å². The molecule has 0 spiro atoms. The minimum absolute atomic E-state index is 0.353. The van der Waals surface area contributed by atoms with Gasteiger partial charge in [-0.2, -0.15) is 0 Å². The van der Waals surface area contributed by atoms with Crippen molar-refractivity contribution in [3.63, 3.8) is 0 Å². The number of anilines is 2. The van der Waals surface area contributed by atoms with Gasteiger partial charge in [0.2, 0.25) is 0 Å². The van der Waals surface area contributed by atoms with Crippen LogP contribution in [-0.2, 0) is 0 Å². The van der Waals surface area contributed by atoms with Crippen molar-refractivity contribution in [1.29, 1.82) is 0 Å². The average Bonchev–Trinajstić information content (AvgIpc) is 3.57. The van der Waals surface area contributed by atoms with Crippen LogP contribution in [0.3, 0.4) is 0 Å². The largest absolute Gasteiger partial charge is 0.311 e. The first kappa shape index (κ1) is 31.3. The van der Waals surface area contributed by atoms with Gasteiger partial charge in [-0.1, -0.05) is 159 Å². The highest BCUT2D eigenvalue weighted by Crippen LogP contribution is 2.44. The zero-order valence-electron chi connectivity index (χ0n) is 27.9. The number of benzene rings is 6. The van der Waals surface area contributed by atoms with Gasteiger partial charge in [0.05, 0.1) is 0 Å². The minimum atomic E-state index is 0.353. The maximum absolute atomic E-state index is 4.57. The van der Waals surface area contributed by atoms with Gasteiger partial charge in [0.25, 0.3) is 0 Å². The lowest BCUT2D eigenvalue weighted by Crippen LogP contribution is -2.17. The Bertz CT molecular complexity index is 2420. The van der Waals surface area contributed by atoms with E-state index in [1.807, 2.05) is 23.5 Å². The highest BCUT2D eigenvalue weighted by Gasteiger charge is 2.21. The predicted molar refractivity (Wildman–Crippen MR) is 218 cm³/mol. The van der Waals surface area contributed by atoms with Crippen LogP contribution in [0, 0.1) is 0 Å². The summed E-state index contributed by atoms with van der Waals surface area (Å²) >= 11 is 1.86. The summed E-state index contributed by atoms with van der Waals surface area (Å²) in [5.41, 5.74) is 11.5. The molecule has 50 heavy (non-hydrogen) atoms. The molecule has 1 heterocycles. The second kappa shape index (κ2) is 13.9. The van der Waals surface area contributed by atoms with E-state index < -0.39 is 0 Å². The van der Waals surface area contributed by atoms with Crippen molar-refractivity contribution in [1.82, 2.24) is 0 Å². The van der Waals surface area contributed by atoms with E-state index in [9.17, 15) is 0 Å². The van der Waals surface area contributed by atoms with Crippen LogP contribution in [0.1, 0.15) is 23.5 Å². The van der Waals surface area contributed by atoms with Crippen LogP contribution in [0.2, 0.25) is 0 Å². The topological polar surface area (TPSA) is 3.24 Å². The maximum atomic E-state index is 4.57. The number of nitrogens with zero attached hydrogens (tertiary/aromatic N) is 1. The fourth-order valence-corrected chi connectivity index (χ4v) is 8.24. The van der Waals surface area contributed by atoms with Gasteiger partial charge in [-0.15, -0.1) is 11.3 Å². The summed E-state index contributed by atoms with van der Waals surface area (Å²) in [7, 11) is 0. The number of hydrogen-bond donors (Lipinski definition) is 0. The average molecular weight is 660 g/mol. The lowest BCUT2D eigenvalue weighted by molar-refractivity contribution is 0.840. The summed E-state index contributed by atoms with van der Waals surface area (Å²) in [5.74, 6) is 0.353. The van der Waals surface area contributed by atoms with E-state index in [1.54, 1.807) is 0 Å². The summed E-state index contributed by atoms with van der Waals surface area (Å²) in [6.45, 7) is 8.49. The standard InChI is InChI=1S/C48H37NS/c1-3-4-14-34(2)46-33-41(31-32-42(46)44-20-13-21-45-43-19-11-12-22-47(43)50-48(44)45)49(39-27-23-37(24-28-39)35-15-7-5-8-16-35)40-29-25-38(26-30-40)36-17-9-6-10-18-36/h3-25,27-33,38H,1-2,26H2/b14-4-. The molecule has 0 bridgehead atoms. The van der Waals surface area contributed by atoms with Gasteiger partial charge in [0.1, 0.15) is 0 Å². The Balaban J connectivity index is 1.26. The monoisotopic (exact) mass is 659 g/mol. The van der Waals surface area contributed by atoms with Gasteiger partial charge in [0.15, 0.2) is 0 Å². The fourth-order valence-electron chi connectivity index (χ4n) is 7.01. The van der Waals surface area contributed by atoms with E-state index in [0.717, 1.165) is 34.6 Å². The quantitative estimate of drug-likeness (QED) is 0.139. The Kier molecular flexibility index (Phi) is 8.69. The highest BCUT2D eigenvalue weighted by molar-refractivity contribution is 7.26. The summed E-state index contributed by atoms with van der Waals surface area (Å²) in [5, 5.41) is 2.59. The van der Waals surface area contributed by atoms with E-state index >= 15 is 0 Å². The van der Waals surface area contributed by atoms with Crippen LogP contribution in [0.4, 0.5) is 11.4 Å². The number of thiophene rings is 1. The second-order valence-corrected chi connectivity index (χ2v) is 13.7. The summed E-state index contributed by atoms with van der Waals surface area (Å²) in [6, 6.07) is 52.4. The molecule has 8 rings (SSSR count). The van der Waals surface area contributed by atoms with Crippen LogP contribution in [0.5, 0.6) is 0 Å². The minimum Gasteiger partial charge on any atom is -0.311 e. The second-order valence-electron chi connectivity index (χ2n) is 12.6. The molecule has 0 N–H and O–H groups in total. The molecule has 0 radical (unpaired) electrons. The Labute approximate surface area is 298 Å². The Morgan fingerprint density at radius 3 is 2.14 bits per heavy atom. The molecule has 1 atom stereocenters. The van der Waals surface area contributed by atoms with Gasteiger partial charge < -0.3 is 4.90 Å². The van der Waals surface area contributed by atoms with Gasteiger partial charge in [-0.3, -0.25) is 0 Å². The molecule has 1 aromatic heterocycles. The molecule has 0 aliphatic heterocycles. The molecule has 1 aliphatic carbocycles. The number of fused-ring (bicyclic) bond motifs is 3. The van der Waals surface area contributed by atoms with Crippen molar-refractivity contribution in [2.45, 2.75) is 12.3 Å². The Hall–Kier alpha value is -5.96. The van der Waals surface area contributed by atoms with Crippen molar-refractivity contribution in [2.75, 3.05) is 4.90 Å². The molecule has 6 aromatic carbocycles. The molecule has 0 fully saturated rings. The molecule has 2 heteroatoms. The smallest absolute Gasteiger partial charge is 0.0468 e. The SMILES string of the molecule is C=C/C=C\C(=C)c1cc(N(C2=CCC(c3ccccc3)C=C2)c2ccc(-c3ccccc3)cc2)ccc1-c1cccc2c1sc1ccccc12. The molecule has 1 aliphatic rings. The summed E-state index contributed by atoms with van der Waals surface area (Å²) in [4.78, 5) is 2.38. The number of hydrogen-bond acceptors (Lipinski definition) is 2. The van der Waals surface area contributed by atoms with Gasteiger partial charge >= 0.3 is 0 Å². The number of rotatable bonds is 9. The van der Waals surface area contributed by atoms with Crippen molar-refractivity contribution in [3.8, 4) is 22.3 Å². The maximum Gasteiger partial charge on any atom is 0.0468 e. The summed E-state index contributed by atoms with van der Waals surface area (Å²) < 4.78 is 2.59. The lowest BCUT2D eigenvalue weighted by Gasteiger charge is -2.30. The first-order valence-corrected chi connectivity index (χ1v) is 17.9. The molecule has 0 saturated carbocycles. The zero-order valence-corrected chi connectivity index (χ0v) is 28.7. The first-order chi connectivity index (χ1) is 24.7. The van der Waals surface area contributed by atoms with E-state index in [1.165, 1.54) is 48.0 Å². The number of allylic oxidation sites excluding steroid dienone is 7. The predicted octanol–water partition coefficient (Wildman–Crippen LogP) is 13.9. The highest BCUT2D eigenvalue weighted by atomic mass is 32.1. The van der Waals surface area contributed by atoms with Gasteiger partial charge in [-0.25, -0.2) is 0 Å². The molecule has 7 aromatic rings. The van der Waals surface area contributed by atoms with E-state index in [4.69, 9.17) is 0 Å². The normalized spacial score (nSPS) is 14.2. The zero-order chi connectivity index (χ0) is 33.9. The summed E-state index contributed by atoms with van der Waals surface area (Å²) in [6.07, 6.45) is 13.8. The molecular weight excluding hydrogens is 623 g/mol. The van der Waals surface area contributed by atoms with E-state index in [-0.39, 0.29) is 0 Å². The van der Waals surface area contributed by atoms with Crippen LogP contribution < -0.4 is 4.90 Å². The van der Waals surface area contributed by atoms with Crippen molar-refractivity contribution in [3.05, 3.63) is 212 Å². The van der Waals surface area contributed by atoms with E-state index in [0.29, 0.717) is 5.92 Å². The van der Waals surface area contributed by atoms with Crippen molar-refractivity contribution in [2.24, 2.45) is 0 Å². The van der Waals surface area contributed by atoms with Crippen LogP contribution in [0.25, 0.3) is 48.0 Å². The molecule has 0 amide bonds. The Morgan fingerprint density at radius 2 is 1.38 bits per heavy atom. The third-order valence-corrected chi connectivity index (χ3v) is 10.8. The third kappa shape index (κ3) is 6.07.